The summed E-state index contributed by atoms with van der Waals surface area (Å²) in [5.74, 6) is 1.09. The lowest BCUT2D eigenvalue weighted by Gasteiger charge is -2.20. The number of hydrogen-bond acceptors (Lipinski definition) is 2. The first-order chi connectivity index (χ1) is 5.27. The molecule has 2 aliphatic rings. The third-order valence-corrected chi connectivity index (χ3v) is 3.01. The Bertz CT molecular complexity index is 280. The van der Waals surface area contributed by atoms with Gasteiger partial charge >= 0.3 is 0 Å². The maximum atomic E-state index is 4.34. The Morgan fingerprint density at radius 2 is 2.45 bits per heavy atom. The van der Waals surface area contributed by atoms with Crippen LogP contribution in [0.15, 0.2) is 27.3 Å². The second-order valence-corrected chi connectivity index (χ2v) is 4.41. The zero-order valence-electron chi connectivity index (χ0n) is 5.72. The third-order valence-electron chi connectivity index (χ3n) is 1.67. The number of aliphatic imine (C=N–C) groups is 1. The van der Waals surface area contributed by atoms with Gasteiger partial charge in [-0.05, 0) is 28.4 Å². The average molecular weight is 325 g/mol. The van der Waals surface area contributed by atoms with Gasteiger partial charge in [-0.15, -0.1) is 0 Å². The molecule has 0 spiro atoms. The van der Waals surface area contributed by atoms with Gasteiger partial charge in [0.2, 0.25) is 0 Å². The van der Waals surface area contributed by atoms with Crippen molar-refractivity contribution in [3.8, 4) is 0 Å². The van der Waals surface area contributed by atoms with Crippen molar-refractivity contribution in [3.05, 3.63) is 22.3 Å². The molecule has 2 nitrogen and oxygen atoms in total. The second-order valence-electron chi connectivity index (χ2n) is 2.44. The van der Waals surface area contributed by atoms with E-state index in [2.05, 4.69) is 59.1 Å². The van der Waals surface area contributed by atoms with E-state index in [4.69, 9.17) is 0 Å². The molecule has 0 aromatic heterocycles. The van der Waals surface area contributed by atoms with Gasteiger partial charge in [-0.1, -0.05) is 6.08 Å². The molecule has 0 N–H and O–H groups in total. The van der Waals surface area contributed by atoms with Gasteiger partial charge in [0.05, 0.1) is 22.9 Å². The van der Waals surface area contributed by atoms with Gasteiger partial charge in [-0.2, -0.15) is 0 Å². The minimum Gasteiger partial charge on any atom is -0.298 e. The van der Waals surface area contributed by atoms with Crippen molar-refractivity contribution in [2.75, 3.05) is 6.54 Å². The highest BCUT2D eigenvalue weighted by molar-refractivity contribution is 14.1. The van der Waals surface area contributed by atoms with E-state index in [1.807, 2.05) is 0 Å². The van der Waals surface area contributed by atoms with E-state index in [1.165, 1.54) is 5.57 Å². The lowest BCUT2D eigenvalue weighted by molar-refractivity contribution is 0.704. The van der Waals surface area contributed by atoms with Gasteiger partial charge < -0.3 is 0 Å². The maximum absolute atomic E-state index is 4.34. The van der Waals surface area contributed by atoms with Crippen LogP contribution in [0.4, 0.5) is 0 Å². The summed E-state index contributed by atoms with van der Waals surface area (Å²) < 4.78 is 3.08. The smallest absolute Gasteiger partial charge is 0.145 e. The van der Waals surface area contributed by atoms with E-state index in [0.29, 0.717) is 0 Å². The first-order valence-corrected chi connectivity index (χ1v) is 5.13. The van der Waals surface area contributed by atoms with Crippen molar-refractivity contribution in [2.24, 2.45) is 4.99 Å². The molecule has 58 valence electrons. The van der Waals surface area contributed by atoms with E-state index in [-0.39, 0.29) is 0 Å². The molecule has 0 radical (unpaired) electrons. The van der Waals surface area contributed by atoms with Crippen molar-refractivity contribution < 1.29 is 0 Å². The van der Waals surface area contributed by atoms with Gasteiger partial charge in [0.1, 0.15) is 10.4 Å². The Kier molecular flexibility index (Phi) is 2.05. The predicted octanol–water partition coefficient (Wildman–Crippen LogP) is 2.62. The summed E-state index contributed by atoms with van der Waals surface area (Å²) in [6, 6.07) is 0. The van der Waals surface area contributed by atoms with Crippen molar-refractivity contribution in [1.82, 2.24) is 3.11 Å². The number of halogens is 2. The summed E-state index contributed by atoms with van der Waals surface area (Å²) >= 11 is 5.65. The van der Waals surface area contributed by atoms with E-state index < -0.39 is 0 Å². The van der Waals surface area contributed by atoms with E-state index in [1.54, 1.807) is 0 Å². The minimum atomic E-state index is 0.933. The molecule has 0 aliphatic carbocycles. The largest absolute Gasteiger partial charge is 0.298 e. The molecule has 2 rings (SSSR count). The highest BCUT2D eigenvalue weighted by atomic mass is 127. The van der Waals surface area contributed by atoms with Crippen LogP contribution in [0, 0.1) is 0 Å². The molecule has 11 heavy (non-hydrogen) atoms. The molecular formula is C7H6BrIN2. The Labute approximate surface area is 87.7 Å². The van der Waals surface area contributed by atoms with Crippen LogP contribution in [-0.2, 0) is 0 Å². The molecule has 0 saturated carbocycles. The monoisotopic (exact) mass is 324 g/mol. The van der Waals surface area contributed by atoms with Gasteiger partial charge in [-0.25, -0.2) is 4.99 Å². The molecule has 0 unspecified atom stereocenters. The quantitative estimate of drug-likeness (QED) is 0.380. The summed E-state index contributed by atoms with van der Waals surface area (Å²) in [6.07, 6.45) is 5.40. The summed E-state index contributed by atoms with van der Waals surface area (Å²) in [5.41, 5.74) is 1.25. The molecule has 0 saturated heterocycles. The fraction of sp³-hybridized carbons (Fsp3) is 0.286. The van der Waals surface area contributed by atoms with Crippen LogP contribution in [-0.4, -0.2) is 15.5 Å². The fourth-order valence-electron chi connectivity index (χ4n) is 1.17. The molecule has 0 aromatic rings. The van der Waals surface area contributed by atoms with Gasteiger partial charge in [-0.3, -0.25) is 3.11 Å². The number of hydrogen-bond donors (Lipinski definition) is 0. The SMILES string of the molecule is BrC1=CC2=CCCN(I)C2=N1. The van der Waals surface area contributed by atoms with Crippen molar-refractivity contribution in [3.63, 3.8) is 0 Å². The van der Waals surface area contributed by atoms with Gasteiger partial charge in [0.25, 0.3) is 0 Å². The highest BCUT2D eigenvalue weighted by Crippen LogP contribution is 2.27. The third kappa shape index (κ3) is 1.38. The van der Waals surface area contributed by atoms with E-state index in [0.717, 1.165) is 23.4 Å². The van der Waals surface area contributed by atoms with Crippen molar-refractivity contribution in [1.29, 1.82) is 0 Å². The van der Waals surface area contributed by atoms with Gasteiger partial charge in [0, 0.05) is 12.1 Å². The van der Waals surface area contributed by atoms with Gasteiger partial charge in [0.15, 0.2) is 0 Å². The zero-order chi connectivity index (χ0) is 7.84. The van der Waals surface area contributed by atoms with Crippen LogP contribution in [0.1, 0.15) is 6.42 Å². The molecular weight excluding hydrogens is 319 g/mol. The minimum absolute atomic E-state index is 0.933. The zero-order valence-corrected chi connectivity index (χ0v) is 9.46. The normalized spacial score (nSPS) is 22.4. The van der Waals surface area contributed by atoms with Crippen molar-refractivity contribution in [2.45, 2.75) is 6.42 Å². The van der Waals surface area contributed by atoms with Crippen LogP contribution < -0.4 is 0 Å². The second kappa shape index (κ2) is 2.90. The average Bonchev–Trinajstić information content (AvgIpc) is 2.31. The molecule has 0 bridgehead atoms. The first kappa shape index (κ1) is 7.79. The molecule has 0 fully saturated rings. The van der Waals surface area contributed by atoms with Crippen LogP contribution >= 0.6 is 38.8 Å². The topological polar surface area (TPSA) is 15.6 Å². The summed E-state index contributed by atoms with van der Waals surface area (Å²) in [4.78, 5) is 4.34. The summed E-state index contributed by atoms with van der Waals surface area (Å²) in [5, 5.41) is 0. The molecule has 0 atom stereocenters. The lowest BCUT2D eigenvalue weighted by Crippen LogP contribution is -2.24. The standard InChI is InChI=1S/C7H6BrIN2/c8-6-4-5-2-1-3-11(9)7(5)10-6/h2,4H,1,3H2. The number of nitrogens with zero attached hydrogens (tertiary/aromatic N) is 2. The van der Waals surface area contributed by atoms with Crippen LogP contribution in [0.5, 0.6) is 0 Å². The first-order valence-electron chi connectivity index (χ1n) is 3.37. The van der Waals surface area contributed by atoms with Crippen LogP contribution in [0.25, 0.3) is 0 Å². The fourth-order valence-corrected chi connectivity index (χ4v) is 2.25. The number of rotatable bonds is 0. The highest BCUT2D eigenvalue weighted by Gasteiger charge is 2.20. The summed E-state index contributed by atoms with van der Waals surface area (Å²) in [7, 11) is 0. The lowest BCUT2D eigenvalue weighted by atomic mass is 10.1. The van der Waals surface area contributed by atoms with Crippen LogP contribution in [0.2, 0.25) is 0 Å². The molecule has 0 amide bonds. The number of amidine groups is 1. The van der Waals surface area contributed by atoms with Crippen molar-refractivity contribution >= 4 is 44.6 Å². The summed E-state index contributed by atoms with van der Waals surface area (Å²) in [6.45, 7) is 1.07. The Morgan fingerprint density at radius 1 is 1.64 bits per heavy atom. The maximum Gasteiger partial charge on any atom is 0.145 e. The number of fused-ring (bicyclic) bond motifs is 1. The Hall–Kier alpha value is 0.160. The Morgan fingerprint density at radius 3 is 3.18 bits per heavy atom. The molecule has 4 heteroatoms. The molecule has 2 aliphatic heterocycles. The van der Waals surface area contributed by atoms with E-state index >= 15 is 0 Å². The van der Waals surface area contributed by atoms with E-state index in [9.17, 15) is 0 Å². The Balaban J connectivity index is 2.39. The molecule has 2 heterocycles. The molecule has 0 aromatic carbocycles. The predicted molar refractivity (Wildman–Crippen MR) is 57.9 cm³/mol. The van der Waals surface area contributed by atoms with Crippen LogP contribution in [0.3, 0.4) is 0 Å².